The van der Waals surface area contributed by atoms with Crippen LogP contribution in [0.1, 0.15) is 93.1 Å². The van der Waals surface area contributed by atoms with Gasteiger partial charge in [-0.15, -0.1) is 0 Å². The highest BCUT2D eigenvalue weighted by atomic mass is 35.5. The Morgan fingerprint density at radius 2 is 1.71 bits per heavy atom. The highest BCUT2D eigenvalue weighted by Crippen LogP contribution is 2.51. The molecule has 2 aromatic heterocycles. The normalized spacial score (nSPS) is 22.3. The van der Waals surface area contributed by atoms with Crippen molar-refractivity contribution in [3.05, 3.63) is 69.7 Å². The minimum atomic E-state index is -0.966. The minimum absolute atomic E-state index is 0.0867. The summed E-state index contributed by atoms with van der Waals surface area (Å²) in [5.74, 6) is 1.40. The first kappa shape index (κ1) is 28.7. The van der Waals surface area contributed by atoms with Crippen molar-refractivity contribution in [2.75, 3.05) is 11.9 Å². The van der Waals surface area contributed by atoms with Crippen molar-refractivity contribution in [2.24, 2.45) is 5.41 Å². The van der Waals surface area contributed by atoms with Crippen LogP contribution in [0.2, 0.25) is 10.0 Å². The quantitative estimate of drug-likeness (QED) is 0.183. The van der Waals surface area contributed by atoms with E-state index in [1.54, 1.807) is 24.3 Å². The standard InChI is InChI=1S/C32H34Cl2N4O4/c1-3-13-32(18-35-26-25(37-41-27(26)19-7-8-19)24-22(33)5-4-6-23(24)34)16-14-31(2,15-17-32)30-36-28(38-42-30)20-9-11-21(12-10-20)29(39)40/h4-6,9-12,19,35H,3,7-8,13-18H2,1-2H3,(H,39,40). The molecule has 0 unspecified atom stereocenters. The lowest BCUT2D eigenvalue weighted by Crippen LogP contribution is -2.39. The van der Waals surface area contributed by atoms with Gasteiger partial charge >= 0.3 is 5.97 Å². The van der Waals surface area contributed by atoms with Gasteiger partial charge in [-0.1, -0.05) is 72.0 Å². The number of aromatic carboxylic acids is 1. The third-order valence-electron chi connectivity index (χ3n) is 9.03. The van der Waals surface area contributed by atoms with Crippen LogP contribution in [0.5, 0.6) is 0 Å². The summed E-state index contributed by atoms with van der Waals surface area (Å²) in [4.78, 5) is 15.9. The van der Waals surface area contributed by atoms with Crippen LogP contribution in [-0.2, 0) is 5.41 Å². The molecule has 8 nitrogen and oxygen atoms in total. The molecule has 0 aliphatic heterocycles. The first-order valence-electron chi connectivity index (χ1n) is 14.6. The molecule has 2 saturated carbocycles. The largest absolute Gasteiger partial charge is 0.478 e. The second-order valence-corrected chi connectivity index (χ2v) is 12.9. The molecule has 2 N–H and O–H groups in total. The van der Waals surface area contributed by atoms with Crippen LogP contribution in [0.15, 0.2) is 51.5 Å². The van der Waals surface area contributed by atoms with Crippen molar-refractivity contribution in [3.63, 3.8) is 0 Å². The Labute approximate surface area is 254 Å². The molecule has 0 bridgehead atoms. The minimum Gasteiger partial charge on any atom is -0.478 e. The van der Waals surface area contributed by atoms with Gasteiger partial charge in [0.05, 0.1) is 15.6 Å². The summed E-state index contributed by atoms with van der Waals surface area (Å²) in [5, 5.41) is 22.7. The lowest BCUT2D eigenvalue weighted by Gasteiger charge is -2.44. The topological polar surface area (TPSA) is 114 Å². The van der Waals surface area contributed by atoms with Crippen molar-refractivity contribution in [1.82, 2.24) is 15.3 Å². The van der Waals surface area contributed by atoms with Crippen molar-refractivity contribution in [1.29, 1.82) is 0 Å². The van der Waals surface area contributed by atoms with Gasteiger partial charge < -0.3 is 19.5 Å². The Kier molecular flexibility index (Phi) is 7.79. The summed E-state index contributed by atoms with van der Waals surface area (Å²) in [5.41, 5.74) is 3.08. The third-order valence-corrected chi connectivity index (χ3v) is 9.66. The number of hydrogen-bond acceptors (Lipinski definition) is 7. The summed E-state index contributed by atoms with van der Waals surface area (Å²) < 4.78 is 11.7. The number of carboxylic acids is 1. The number of rotatable bonds is 10. The number of nitrogens with one attached hydrogen (secondary N) is 1. The van der Waals surface area contributed by atoms with Crippen molar-refractivity contribution < 1.29 is 18.9 Å². The SMILES string of the molecule is CCCC1(CNc2c(-c3c(Cl)cccc3Cl)noc2C2CC2)CCC(C)(c2nc(-c3ccc(C(=O)O)cc3)no2)CC1. The molecule has 0 radical (unpaired) electrons. The average molecular weight is 610 g/mol. The predicted octanol–water partition coefficient (Wildman–Crippen LogP) is 9.00. The fourth-order valence-corrected chi connectivity index (χ4v) is 6.78. The smallest absolute Gasteiger partial charge is 0.335 e. The predicted molar refractivity (Wildman–Crippen MR) is 162 cm³/mol. The molecule has 2 fully saturated rings. The number of aromatic nitrogens is 3. The van der Waals surface area contributed by atoms with Crippen molar-refractivity contribution >= 4 is 34.9 Å². The molecular weight excluding hydrogens is 575 g/mol. The number of anilines is 1. The van der Waals surface area contributed by atoms with E-state index in [9.17, 15) is 9.90 Å². The number of halogens is 2. The summed E-state index contributed by atoms with van der Waals surface area (Å²) in [6.45, 7) is 5.22. The molecule has 220 valence electrons. The fraction of sp³-hybridized carbons (Fsp3) is 0.438. The van der Waals surface area contributed by atoms with Gasteiger partial charge in [0.15, 0.2) is 5.76 Å². The van der Waals surface area contributed by atoms with Gasteiger partial charge in [-0.05, 0) is 74.6 Å². The van der Waals surface area contributed by atoms with E-state index < -0.39 is 5.97 Å². The highest BCUT2D eigenvalue weighted by Gasteiger charge is 2.44. The first-order chi connectivity index (χ1) is 20.2. The molecule has 0 amide bonds. The van der Waals surface area contributed by atoms with Crippen molar-refractivity contribution in [2.45, 2.75) is 76.5 Å². The van der Waals surface area contributed by atoms with Gasteiger partial charge in [0.1, 0.15) is 11.4 Å². The summed E-state index contributed by atoms with van der Waals surface area (Å²) in [6.07, 6.45) is 8.18. The van der Waals surface area contributed by atoms with Crippen LogP contribution in [0.4, 0.5) is 5.69 Å². The molecule has 2 aliphatic rings. The van der Waals surface area contributed by atoms with E-state index in [1.165, 1.54) is 0 Å². The third kappa shape index (κ3) is 5.54. The molecule has 2 aromatic carbocycles. The van der Waals surface area contributed by atoms with Crippen molar-refractivity contribution in [3.8, 4) is 22.6 Å². The Bertz CT molecular complexity index is 1560. The second-order valence-electron chi connectivity index (χ2n) is 12.1. The molecule has 4 aromatic rings. The van der Waals surface area contributed by atoms with Crippen LogP contribution in [-0.4, -0.2) is 32.9 Å². The summed E-state index contributed by atoms with van der Waals surface area (Å²) in [6, 6.07) is 12.0. The number of hydrogen-bond donors (Lipinski definition) is 2. The maximum atomic E-state index is 11.2. The molecule has 0 spiro atoms. The zero-order chi connectivity index (χ0) is 29.5. The van der Waals surface area contributed by atoms with E-state index in [-0.39, 0.29) is 16.4 Å². The average Bonchev–Trinajstić information content (AvgIpc) is 3.54. The van der Waals surface area contributed by atoms with Gasteiger partial charge in [-0.25, -0.2) is 4.79 Å². The number of benzene rings is 2. The maximum absolute atomic E-state index is 11.2. The van der Waals surface area contributed by atoms with Crippen LogP contribution < -0.4 is 5.32 Å². The van der Waals surface area contributed by atoms with Crippen LogP contribution in [0.25, 0.3) is 22.6 Å². The highest BCUT2D eigenvalue weighted by molar-refractivity contribution is 6.39. The Hall–Kier alpha value is -3.36. The number of carboxylic acid groups (broad SMARTS) is 1. The number of nitrogens with zero attached hydrogens (tertiary/aromatic N) is 3. The molecule has 10 heteroatoms. The van der Waals surface area contributed by atoms with Gasteiger partial charge in [0, 0.05) is 29.0 Å². The Morgan fingerprint density at radius 3 is 2.33 bits per heavy atom. The van der Waals surface area contributed by atoms with E-state index in [4.69, 9.17) is 37.2 Å². The fourth-order valence-electron chi connectivity index (χ4n) is 6.21. The lowest BCUT2D eigenvalue weighted by atomic mass is 9.62. The van der Waals surface area contributed by atoms with E-state index in [2.05, 4.69) is 29.5 Å². The van der Waals surface area contributed by atoms with E-state index in [0.717, 1.165) is 74.9 Å². The maximum Gasteiger partial charge on any atom is 0.335 e. The van der Waals surface area contributed by atoms with Gasteiger partial charge in [0.2, 0.25) is 11.7 Å². The van der Waals surface area contributed by atoms with E-state index in [0.29, 0.717) is 38.9 Å². The molecule has 2 heterocycles. The van der Waals surface area contributed by atoms with Crippen LogP contribution in [0.3, 0.4) is 0 Å². The lowest BCUT2D eigenvalue weighted by molar-refractivity contribution is 0.0697. The second kappa shape index (κ2) is 11.4. The molecule has 0 atom stereocenters. The first-order valence-corrected chi connectivity index (χ1v) is 15.3. The summed E-state index contributed by atoms with van der Waals surface area (Å²) >= 11 is 13.2. The Balaban J connectivity index is 1.20. The molecule has 0 saturated heterocycles. The zero-order valence-corrected chi connectivity index (χ0v) is 25.3. The van der Waals surface area contributed by atoms with E-state index >= 15 is 0 Å². The van der Waals surface area contributed by atoms with Crippen LogP contribution in [0, 0.1) is 5.41 Å². The molecule has 42 heavy (non-hydrogen) atoms. The van der Waals surface area contributed by atoms with Gasteiger partial charge in [-0.2, -0.15) is 4.98 Å². The number of carbonyl (C=O) groups is 1. The van der Waals surface area contributed by atoms with Gasteiger partial charge in [-0.3, -0.25) is 0 Å². The zero-order valence-electron chi connectivity index (χ0n) is 23.8. The van der Waals surface area contributed by atoms with Crippen LogP contribution >= 0.6 is 23.2 Å². The molecule has 6 rings (SSSR count). The molecule has 2 aliphatic carbocycles. The Morgan fingerprint density at radius 1 is 1.02 bits per heavy atom. The molecular formula is C32H34Cl2N4O4. The summed E-state index contributed by atoms with van der Waals surface area (Å²) in [7, 11) is 0. The van der Waals surface area contributed by atoms with Gasteiger partial charge in [0.25, 0.3) is 0 Å². The monoisotopic (exact) mass is 608 g/mol. The van der Waals surface area contributed by atoms with E-state index in [1.807, 2.05) is 18.2 Å².